The molecule has 8 heteroatoms. The first-order chi connectivity index (χ1) is 14.0. The molecule has 29 heavy (non-hydrogen) atoms. The Morgan fingerprint density at radius 1 is 1.14 bits per heavy atom. The predicted octanol–water partition coefficient (Wildman–Crippen LogP) is 4.68. The number of aryl methyl sites for hydroxylation is 2. The normalized spacial score (nSPS) is 10.6. The van der Waals surface area contributed by atoms with Crippen LogP contribution >= 0.6 is 11.6 Å². The smallest absolute Gasteiger partial charge is 0.226 e. The molecule has 0 saturated carbocycles. The molecule has 2 aromatic carbocycles. The molecule has 0 aliphatic rings. The van der Waals surface area contributed by atoms with Gasteiger partial charge in [-0.2, -0.15) is 4.98 Å². The molecule has 7 nitrogen and oxygen atoms in total. The minimum Gasteiger partial charge on any atom is -0.493 e. The zero-order valence-electron chi connectivity index (χ0n) is 16.5. The standard InChI is InChI=1S/C21H22ClN3O4/c1-13-7-9-15(22)12-16(13)23-19(26)5-4-6-20-24-21(25-29-20)14-8-10-17(27-2)18(11-14)28-3/h7-12H,4-6H2,1-3H3,(H,23,26). The van der Waals surface area contributed by atoms with Gasteiger partial charge in [-0.25, -0.2) is 0 Å². The second-order valence-corrected chi connectivity index (χ2v) is 6.88. The summed E-state index contributed by atoms with van der Waals surface area (Å²) in [7, 11) is 3.15. The molecule has 0 radical (unpaired) electrons. The summed E-state index contributed by atoms with van der Waals surface area (Å²) < 4.78 is 15.8. The molecule has 1 aromatic heterocycles. The Labute approximate surface area is 174 Å². The number of nitrogens with zero attached hydrogens (tertiary/aromatic N) is 2. The van der Waals surface area contributed by atoms with Gasteiger partial charge in [0.25, 0.3) is 0 Å². The van der Waals surface area contributed by atoms with Gasteiger partial charge in [-0.15, -0.1) is 0 Å². The highest BCUT2D eigenvalue weighted by molar-refractivity contribution is 6.31. The van der Waals surface area contributed by atoms with Crippen LogP contribution in [0.5, 0.6) is 11.5 Å². The van der Waals surface area contributed by atoms with Gasteiger partial charge >= 0.3 is 0 Å². The van der Waals surface area contributed by atoms with Crippen molar-refractivity contribution in [3.05, 3.63) is 52.9 Å². The fourth-order valence-electron chi connectivity index (χ4n) is 2.79. The number of ether oxygens (including phenoxy) is 2. The summed E-state index contributed by atoms with van der Waals surface area (Å²) in [5.41, 5.74) is 2.43. The summed E-state index contributed by atoms with van der Waals surface area (Å²) in [4.78, 5) is 16.6. The van der Waals surface area contributed by atoms with Crippen LogP contribution < -0.4 is 14.8 Å². The van der Waals surface area contributed by atoms with E-state index in [1.54, 1.807) is 38.5 Å². The molecule has 0 bridgehead atoms. The van der Waals surface area contributed by atoms with Gasteiger partial charge in [0.1, 0.15) is 0 Å². The van der Waals surface area contributed by atoms with E-state index >= 15 is 0 Å². The van der Waals surface area contributed by atoms with Gasteiger partial charge in [-0.3, -0.25) is 4.79 Å². The van der Waals surface area contributed by atoms with E-state index in [0.717, 1.165) is 16.8 Å². The van der Waals surface area contributed by atoms with Crippen LogP contribution in [-0.4, -0.2) is 30.3 Å². The van der Waals surface area contributed by atoms with E-state index in [1.165, 1.54) is 0 Å². The number of anilines is 1. The van der Waals surface area contributed by atoms with Crippen molar-refractivity contribution in [1.82, 2.24) is 10.1 Å². The van der Waals surface area contributed by atoms with Crippen molar-refractivity contribution < 1.29 is 18.8 Å². The van der Waals surface area contributed by atoms with Gasteiger partial charge in [0.15, 0.2) is 11.5 Å². The molecule has 3 aromatic rings. The summed E-state index contributed by atoms with van der Waals surface area (Å²) >= 11 is 5.98. The van der Waals surface area contributed by atoms with Crippen molar-refractivity contribution in [3.8, 4) is 22.9 Å². The lowest BCUT2D eigenvalue weighted by atomic mass is 10.2. The lowest BCUT2D eigenvalue weighted by molar-refractivity contribution is -0.116. The summed E-state index contributed by atoms with van der Waals surface area (Å²) in [6.07, 6.45) is 1.42. The fourth-order valence-corrected chi connectivity index (χ4v) is 2.96. The number of rotatable bonds is 8. The minimum absolute atomic E-state index is 0.0880. The highest BCUT2D eigenvalue weighted by Gasteiger charge is 2.13. The van der Waals surface area contributed by atoms with Crippen LogP contribution in [0.15, 0.2) is 40.9 Å². The van der Waals surface area contributed by atoms with Crippen LogP contribution in [0.3, 0.4) is 0 Å². The van der Waals surface area contributed by atoms with Gasteiger partial charge in [0.05, 0.1) is 14.2 Å². The number of aromatic nitrogens is 2. The van der Waals surface area contributed by atoms with Gasteiger partial charge in [0.2, 0.25) is 17.6 Å². The van der Waals surface area contributed by atoms with E-state index in [0.29, 0.717) is 47.5 Å². The average Bonchev–Trinajstić information content (AvgIpc) is 3.19. The number of carbonyl (C=O) groups excluding carboxylic acids is 1. The Morgan fingerprint density at radius 2 is 1.93 bits per heavy atom. The molecule has 0 aliphatic carbocycles. The number of halogens is 1. The minimum atomic E-state index is -0.0880. The van der Waals surface area contributed by atoms with Gasteiger partial charge in [-0.1, -0.05) is 22.8 Å². The van der Waals surface area contributed by atoms with Gasteiger partial charge in [0, 0.05) is 29.1 Å². The molecule has 0 fully saturated rings. The topological polar surface area (TPSA) is 86.5 Å². The molecule has 1 amide bonds. The first-order valence-corrected chi connectivity index (χ1v) is 9.49. The number of hydrogen-bond donors (Lipinski definition) is 1. The quantitative estimate of drug-likeness (QED) is 0.575. The van der Waals surface area contributed by atoms with Crippen LogP contribution in [0, 0.1) is 6.92 Å². The summed E-state index contributed by atoms with van der Waals surface area (Å²) in [5, 5.41) is 7.47. The van der Waals surface area contributed by atoms with Crippen LogP contribution in [0.2, 0.25) is 5.02 Å². The number of hydrogen-bond acceptors (Lipinski definition) is 6. The molecular weight excluding hydrogens is 394 g/mol. The predicted molar refractivity (Wildman–Crippen MR) is 111 cm³/mol. The van der Waals surface area contributed by atoms with E-state index in [4.69, 9.17) is 25.6 Å². The number of benzene rings is 2. The largest absolute Gasteiger partial charge is 0.493 e. The second-order valence-electron chi connectivity index (χ2n) is 6.44. The number of carbonyl (C=O) groups is 1. The maximum atomic E-state index is 12.2. The highest BCUT2D eigenvalue weighted by atomic mass is 35.5. The third-order valence-corrected chi connectivity index (χ3v) is 4.61. The van der Waals surface area contributed by atoms with E-state index in [-0.39, 0.29) is 5.91 Å². The van der Waals surface area contributed by atoms with E-state index < -0.39 is 0 Å². The van der Waals surface area contributed by atoms with E-state index in [2.05, 4.69) is 15.5 Å². The molecular formula is C21H22ClN3O4. The van der Waals surface area contributed by atoms with Crippen molar-refractivity contribution in [2.24, 2.45) is 0 Å². The molecule has 0 saturated heterocycles. The van der Waals surface area contributed by atoms with Crippen molar-refractivity contribution in [2.75, 3.05) is 19.5 Å². The van der Waals surface area contributed by atoms with E-state index in [1.807, 2.05) is 19.1 Å². The average molecular weight is 416 g/mol. The summed E-state index contributed by atoms with van der Waals surface area (Å²) in [6, 6.07) is 10.8. The maximum Gasteiger partial charge on any atom is 0.226 e. The van der Waals surface area contributed by atoms with Crippen LogP contribution in [0.25, 0.3) is 11.4 Å². The first-order valence-electron chi connectivity index (χ1n) is 9.11. The molecule has 3 rings (SSSR count). The maximum absolute atomic E-state index is 12.2. The van der Waals surface area contributed by atoms with Crippen molar-refractivity contribution >= 4 is 23.2 Å². The molecule has 0 spiro atoms. The lowest BCUT2D eigenvalue weighted by Crippen LogP contribution is -2.12. The van der Waals surface area contributed by atoms with Crippen molar-refractivity contribution in [3.63, 3.8) is 0 Å². The summed E-state index contributed by atoms with van der Waals surface area (Å²) in [5.74, 6) is 2.06. The molecule has 1 heterocycles. The molecule has 152 valence electrons. The monoisotopic (exact) mass is 415 g/mol. The fraction of sp³-hybridized carbons (Fsp3) is 0.286. The Morgan fingerprint density at radius 3 is 2.69 bits per heavy atom. The summed E-state index contributed by atoms with van der Waals surface area (Å²) in [6.45, 7) is 1.92. The molecule has 0 aliphatic heterocycles. The second kappa shape index (κ2) is 9.43. The van der Waals surface area contributed by atoms with Crippen LogP contribution in [-0.2, 0) is 11.2 Å². The zero-order chi connectivity index (χ0) is 20.8. The third kappa shape index (κ3) is 5.26. The molecule has 1 N–H and O–H groups in total. The number of nitrogens with one attached hydrogen (secondary N) is 1. The third-order valence-electron chi connectivity index (χ3n) is 4.38. The molecule has 0 atom stereocenters. The SMILES string of the molecule is COc1ccc(-c2noc(CCCC(=O)Nc3cc(Cl)ccc3C)n2)cc1OC. The van der Waals surface area contributed by atoms with Gasteiger partial charge in [-0.05, 0) is 49.2 Å². The Hall–Kier alpha value is -3.06. The number of methoxy groups -OCH3 is 2. The van der Waals surface area contributed by atoms with Gasteiger partial charge < -0.3 is 19.3 Å². The highest BCUT2D eigenvalue weighted by Crippen LogP contribution is 2.31. The molecule has 0 unspecified atom stereocenters. The Kier molecular flexibility index (Phi) is 6.72. The van der Waals surface area contributed by atoms with Crippen LogP contribution in [0.1, 0.15) is 24.3 Å². The van der Waals surface area contributed by atoms with E-state index in [9.17, 15) is 4.79 Å². The number of amides is 1. The van der Waals surface area contributed by atoms with Crippen LogP contribution in [0.4, 0.5) is 5.69 Å². The Bertz CT molecular complexity index is 1000. The lowest BCUT2D eigenvalue weighted by Gasteiger charge is -2.08. The van der Waals surface area contributed by atoms with Crippen molar-refractivity contribution in [2.45, 2.75) is 26.2 Å². The first kappa shape index (κ1) is 20.7. The van der Waals surface area contributed by atoms with Crippen molar-refractivity contribution in [1.29, 1.82) is 0 Å². The Balaban J connectivity index is 1.55. The zero-order valence-corrected chi connectivity index (χ0v) is 17.2.